The number of unbranched alkanes of at least 4 members (excludes halogenated alkanes) is 2. The largest absolute Gasteiger partial charge is 0.342 e. The molecule has 2 aromatic rings. The highest BCUT2D eigenvalue weighted by atomic mass is 32.1. The van der Waals surface area contributed by atoms with Crippen LogP contribution in [0.5, 0.6) is 0 Å². The van der Waals surface area contributed by atoms with E-state index >= 15 is 0 Å². The van der Waals surface area contributed by atoms with Crippen LogP contribution in [-0.4, -0.2) is 20.9 Å². The van der Waals surface area contributed by atoms with Gasteiger partial charge in [-0.25, -0.2) is 13.9 Å². The van der Waals surface area contributed by atoms with Gasteiger partial charge in [-0.3, -0.25) is 9.59 Å². The Morgan fingerprint density at radius 1 is 1.15 bits per heavy atom. The first-order chi connectivity index (χ1) is 9.49. The van der Waals surface area contributed by atoms with Crippen molar-refractivity contribution in [1.29, 1.82) is 0 Å². The summed E-state index contributed by atoms with van der Waals surface area (Å²) in [5.74, 6) is -0.715. The normalized spacial score (nSPS) is 11.2. The van der Waals surface area contributed by atoms with E-state index in [0.717, 1.165) is 39.7 Å². The molecular formula is C14H18N2O3S. The Hall–Kier alpha value is -1.69. The molecule has 0 aliphatic heterocycles. The molecule has 0 aliphatic rings. The molecule has 0 saturated carbocycles. The molecule has 0 aromatic carbocycles. The molecule has 0 bridgehead atoms. The number of thiophene rings is 1. The number of carbonyl (C=O) groups excluding carboxylic acids is 2. The Morgan fingerprint density at radius 3 is 2.35 bits per heavy atom. The number of fused-ring (bicyclic) bond motifs is 1. The van der Waals surface area contributed by atoms with E-state index in [1.807, 2.05) is 0 Å². The molecule has 0 radical (unpaired) electrons. The zero-order valence-electron chi connectivity index (χ0n) is 11.9. The van der Waals surface area contributed by atoms with Gasteiger partial charge in [-0.15, -0.1) is 11.3 Å². The molecule has 0 amide bonds. The minimum absolute atomic E-state index is 0.352. The van der Waals surface area contributed by atoms with Gasteiger partial charge in [0.1, 0.15) is 0 Å². The van der Waals surface area contributed by atoms with Crippen molar-refractivity contribution in [3.8, 4) is 0 Å². The van der Waals surface area contributed by atoms with Gasteiger partial charge < -0.3 is 0 Å². The molecule has 0 spiro atoms. The first-order valence-electron chi connectivity index (χ1n) is 6.74. The minimum atomic E-state index is -0.556. The molecule has 6 heteroatoms. The van der Waals surface area contributed by atoms with E-state index in [1.165, 1.54) is 25.2 Å². The highest BCUT2D eigenvalue weighted by molar-refractivity contribution is 7.11. The molecule has 0 atom stereocenters. The van der Waals surface area contributed by atoms with Gasteiger partial charge in [0.2, 0.25) is 11.8 Å². The van der Waals surface area contributed by atoms with Crippen molar-refractivity contribution < 1.29 is 9.59 Å². The molecule has 0 N–H and O–H groups in total. The number of nitrogens with zero attached hydrogens (tertiary/aromatic N) is 2. The van der Waals surface area contributed by atoms with Gasteiger partial charge in [0.25, 0.3) is 0 Å². The minimum Gasteiger partial charge on any atom is -0.274 e. The highest BCUT2D eigenvalue weighted by Crippen LogP contribution is 2.27. The fourth-order valence-electron chi connectivity index (χ4n) is 2.39. The number of carbonyl (C=O) groups is 2. The summed E-state index contributed by atoms with van der Waals surface area (Å²) in [5.41, 5.74) is 0.604. The molecule has 20 heavy (non-hydrogen) atoms. The van der Waals surface area contributed by atoms with Crippen LogP contribution in [0.2, 0.25) is 0 Å². The summed E-state index contributed by atoms with van der Waals surface area (Å²) in [6.45, 7) is 4.81. The van der Waals surface area contributed by atoms with Crippen LogP contribution in [0.15, 0.2) is 10.2 Å². The fourth-order valence-corrected chi connectivity index (χ4v) is 3.43. The second-order valence-electron chi connectivity index (χ2n) is 4.84. The summed E-state index contributed by atoms with van der Waals surface area (Å²) >= 11 is 1.51. The lowest BCUT2D eigenvalue weighted by Crippen LogP contribution is -2.30. The molecule has 0 saturated heterocycles. The van der Waals surface area contributed by atoms with Crippen LogP contribution in [0.25, 0.3) is 11.0 Å². The van der Waals surface area contributed by atoms with Crippen LogP contribution >= 0.6 is 11.3 Å². The third-order valence-electron chi connectivity index (χ3n) is 3.30. The molecule has 2 heterocycles. The molecule has 5 nitrogen and oxygen atoms in total. The lowest BCUT2D eigenvalue weighted by molar-refractivity contribution is 0.0925. The topological polar surface area (TPSA) is 61.1 Å². The predicted molar refractivity (Wildman–Crippen MR) is 79.9 cm³/mol. The lowest BCUT2D eigenvalue weighted by atomic mass is 10.2. The predicted octanol–water partition coefficient (Wildman–Crippen LogP) is 2.92. The van der Waals surface area contributed by atoms with Gasteiger partial charge in [-0.1, -0.05) is 19.8 Å². The standard InChI is InChI=1S/C14H18N2O3S/c1-4-5-6-7-12-13-11(8-20-12)15(9(2)17)14(19)16(13)10(3)18/h8H,4-7H2,1-3H3. The average Bonchev–Trinajstić information content (AvgIpc) is 2.86. The van der Waals surface area contributed by atoms with Gasteiger partial charge in [0.05, 0.1) is 11.0 Å². The van der Waals surface area contributed by atoms with E-state index in [1.54, 1.807) is 5.38 Å². The monoisotopic (exact) mass is 294 g/mol. The molecule has 0 fully saturated rings. The van der Waals surface area contributed by atoms with Crippen molar-refractivity contribution >= 4 is 34.2 Å². The molecule has 0 unspecified atom stereocenters. The van der Waals surface area contributed by atoms with Crippen molar-refractivity contribution in [2.24, 2.45) is 0 Å². The number of aryl methyl sites for hydroxylation is 1. The maximum absolute atomic E-state index is 12.2. The van der Waals surface area contributed by atoms with Crippen LogP contribution in [0.3, 0.4) is 0 Å². The summed E-state index contributed by atoms with van der Waals surface area (Å²) in [5, 5.41) is 1.79. The highest BCUT2D eigenvalue weighted by Gasteiger charge is 2.22. The third-order valence-corrected chi connectivity index (χ3v) is 4.33. The SMILES string of the molecule is CCCCCc1scc2c1n(C(C)=O)c(=O)n2C(C)=O. The number of hydrogen-bond donors (Lipinski definition) is 0. The lowest BCUT2D eigenvalue weighted by Gasteiger charge is -2.00. The molecule has 2 rings (SSSR count). The summed E-state index contributed by atoms with van der Waals surface area (Å²) in [6.07, 6.45) is 4.07. The van der Waals surface area contributed by atoms with Gasteiger partial charge in [-0.2, -0.15) is 0 Å². The maximum Gasteiger partial charge on any atom is 0.342 e. The molecular weight excluding hydrogens is 276 g/mol. The second-order valence-corrected chi connectivity index (χ2v) is 5.81. The molecule has 108 valence electrons. The average molecular weight is 294 g/mol. The summed E-state index contributed by atoms with van der Waals surface area (Å²) in [7, 11) is 0. The number of imidazole rings is 1. The Morgan fingerprint density at radius 2 is 1.80 bits per heavy atom. The van der Waals surface area contributed by atoms with Crippen LogP contribution in [-0.2, 0) is 6.42 Å². The van der Waals surface area contributed by atoms with E-state index in [0.29, 0.717) is 11.0 Å². The first kappa shape index (κ1) is 14.7. The summed E-state index contributed by atoms with van der Waals surface area (Å²) in [6, 6.07) is 0. The first-order valence-corrected chi connectivity index (χ1v) is 7.62. The molecule has 0 aliphatic carbocycles. The number of hydrogen-bond acceptors (Lipinski definition) is 4. The van der Waals surface area contributed by atoms with Crippen LogP contribution in [0, 0.1) is 0 Å². The third kappa shape index (κ3) is 2.35. The Labute approximate surface area is 120 Å². The zero-order chi connectivity index (χ0) is 14.9. The van der Waals surface area contributed by atoms with Gasteiger partial charge in [0.15, 0.2) is 0 Å². The number of aromatic nitrogens is 2. The van der Waals surface area contributed by atoms with Crippen molar-refractivity contribution in [2.45, 2.75) is 46.5 Å². The van der Waals surface area contributed by atoms with Gasteiger partial charge in [0, 0.05) is 24.1 Å². The molecule has 2 aromatic heterocycles. The van der Waals surface area contributed by atoms with Gasteiger partial charge in [-0.05, 0) is 12.8 Å². The van der Waals surface area contributed by atoms with E-state index in [9.17, 15) is 14.4 Å². The smallest absolute Gasteiger partial charge is 0.274 e. The zero-order valence-corrected chi connectivity index (χ0v) is 12.7. The van der Waals surface area contributed by atoms with Gasteiger partial charge >= 0.3 is 5.69 Å². The maximum atomic E-state index is 12.2. The Kier molecular flexibility index (Phi) is 4.23. The summed E-state index contributed by atoms with van der Waals surface area (Å²) in [4.78, 5) is 36.6. The van der Waals surface area contributed by atoms with Crippen LogP contribution in [0.1, 0.15) is 54.5 Å². The fraction of sp³-hybridized carbons (Fsp3) is 0.500. The van der Waals surface area contributed by atoms with Crippen molar-refractivity contribution in [1.82, 2.24) is 9.13 Å². The van der Waals surface area contributed by atoms with Crippen molar-refractivity contribution in [3.63, 3.8) is 0 Å². The van der Waals surface area contributed by atoms with E-state index in [-0.39, 0.29) is 11.8 Å². The quantitative estimate of drug-likeness (QED) is 0.815. The Bertz CT molecular complexity index is 721. The van der Waals surface area contributed by atoms with E-state index < -0.39 is 5.69 Å². The van der Waals surface area contributed by atoms with Crippen LogP contribution in [0.4, 0.5) is 0 Å². The van der Waals surface area contributed by atoms with Crippen LogP contribution < -0.4 is 5.69 Å². The number of rotatable bonds is 4. The van der Waals surface area contributed by atoms with Crippen molar-refractivity contribution in [3.05, 3.63) is 20.7 Å². The second kappa shape index (κ2) is 5.75. The van der Waals surface area contributed by atoms with E-state index in [4.69, 9.17) is 0 Å². The van der Waals surface area contributed by atoms with E-state index in [2.05, 4.69) is 6.92 Å². The Balaban J connectivity index is 2.64. The van der Waals surface area contributed by atoms with Crippen molar-refractivity contribution in [2.75, 3.05) is 0 Å². The summed E-state index contributed by atoms with van der Waals surface area (Å²) < 4.78 is 2.20.